The fourth-order valence-electron chi connectivity index (χ4n) is 17.3. The third kappa shape index (κ3) is 6.80. The van der Waals surface area contributed by atoms with E-state index >= 15 is 0 Å². The van der Waals surface area contributed by atoms with E-state index < -0.39 is 5.41 Å². The summed E-state index contributed by atoms with van der Waals surface area (Å²) in [5.41, 5.74) is 28.3. The second-order valence-corrected chi connectivity index (χ2v) is 24.8. The molecule has 1 spiro atoms. The molecule has 81 heavy (non-hydrogen) atoms. The molecule has 0 radical (unpaired) electrons. The van der Waals surface area contributed by atoms with E-state index in [-0.39, 0.29) is 5.41 Å². The molecule has 4 bridgehead atoms. The van der Waals surface area contributed by atoms with E-state index in [0.717, 1.165) is 52.1 Å². The molecule has 6 atom stereocenters. The van der Waals surface area contributed by atoms with Crippen LogP contribution in [0.15, 0.2) is 261 Å². The minimum Gasteiger partial charge on any atom is -0.310 e. The summed E-state index contributed by atoms with van der Waals surface area (Å²) in [5.74, 6) is 4.06. The molecule has 0 N–H and O–H groups in total. The molecule has 2 nitrogen and oxygen atoms in total. The van der Waals surface area contributed by atoms with Crippen LogP contribution in [0.5, 0.6) is 0 Å². The van der Waals surface area contributed by atoms with Crippen molar-refractivity contribution in [3.63, 3.8) is 0 Å². The molecule has 0 aliphatic heterocycles. The van der Waals surface area contributed by atoms with Crippen molar-refractivity contribution in [3.8, 4) is 55.6 Å². The molecule has 388 valence electrons. The number of nitrogens with zero attached hydrogens (tertiary/aromatic N) is 2. The summed E-state index contributed by atoms with van der Waals surface area (Å²) in [6.45, 7) is 4.78. The molecule has 7 aliphatic rings. The summed E-state index contributed by atoms with van der Waals surface area (Å²) in [5, 5.41) is 0. The van der Waals surface area contributed by atoms with E-state index in [0.29, 0.717) is 5.92 Å². The van der Waals surface area contributed by atoms with Crippen molar-refractivity contribution in [3.05, 3.63) is 300 Å². The van der Waals surface area contributed by atoms with Crippen LogP contribution in [0, 0.1) is 23.7 Å². The lowest BCUT2D eigenvalue weighted by atomic mass is 9.70. The Morgan fingerprint density at radius 2 is 0.765 bits per heavy atom. The van der Waals surface area contributed by atoms with Gasteiger partial charge in [0.15, 0.2) is 0 Å². The molecule has 7 aliphatic carbocycles. The lowest BCUT2D eigenvalue weighted by molar-refractivity contribution is 0.249. The smallest absolute Gasteiger partial charge is 0.0727 e. The summed E-state index contributed by atoms with van der Waals surface area (Å²) in [4.78, 5) is 5.08. The van der Waals surface area contributed by atoms with E-state index in [2.05, 4.69) is 285 Å². The third-order valence-electron chi connectivity index (χ3n) is 20.4. The Labute approximate surface area is 476 Å². The normalized spacial score (nSPS) is 21.3. The molecule has 0 aromatic heterocycles. The fourth-order valence-corrected chi connectivity index (χ4v) is 17.3. The third-order valence-corrected chi connectivity index (χ3v) is 20.4. The van der Waals surface area contributed by atoms with Crippen LogP contribution in [-0.2, 0) is 10.8 Å². The number of rotatable bonds is 9. The first-order valence-electron chi connectivity index (χ1n) is 29.6. The Balaban J connectivity index is 0.968. The van der Waals surface area contributed by atoms with E-state index in [1.165, 1.54) is 126 Å². The minimum atomic E-state index is -0.665. The van der Waals surface area contributed by atoms with Crippen molar-refractivity contribution >= 4 is 34.1 Å². The first-order valence-corrected chi connectivity index (χ1v) is 29.6. The van der Waals surface area contributed by atoms with Gasteiger partial charge in [0, 0.05) is 39.3 Å². The van der Waals surface area contributed by atoms with Gasteiger partial charge in [0.1, 0.15) is 0 Å². The molecule has 2 heteroatoms. The maximum absolute atomic E-state index is 2.65. The van der Waals surface area contributed by atoms with Gasteiger partial charge < -0.3 is 9.80 Å². The van der Waals surface area contributed by atoms with Crippen LogP contribution in [0.4, 0.5) is 34.1 Å². The molecule has 0 amide bonds. The van der Waals surface area contributed by atoms with Gasteiger partial charge in [-0.25, -0.2) is 0 Å². The standard InChI is InChI=1S/C79H62N2/c1-78(2)69-35-18-15-32-60(69)66-45-59(38-39-70(66)78)81(58-30-13-6-14-31-58)76-49-74-68(47-64(76)52-24-21-25-53(43-52)77-55-41-50-40-54(44-55)65(77)42-50)62-34-17-20-37-72(62)79(74)71-36-19-16-33-61(71)67-46-63(51-22-7-3-8-23-51)75(48-73(67)79)80(56-26-9-4-10-27-56)57-28-11-5-12-29-57/h3-39,43,45-50,54-55,65,77H,40-42,44H2,1-2H3. The zero-order chi connectivity index (χ0) is 53.6. The minimum absolute atomic E-state index is 0.114. The largest absolute Gasteiger partial charge is 0.310 e. The first kappa shape index (κ1) is 46.9. The van der Waals surface area contributed by atoms with Crippen LogP contribution < -0.4 is 9.80 Å². The maximum atomic E-state index is 2.65. The van der Waals surface area contributed by atoms with Crippen LogP contribution in [0.2, 0.25) is 0 Å². The molecular weight excluding hydrogens is 977 g/mol. The SMILES string of the molecule is CC1(C)c2ccccc2-c2cc(N(c3ccccc3)c3cc4c(cc3-c3cccc(C5C6CC7CC(C6)C5C7)c3)-c3ccccc3C43c4ccccc4-c4cc(-c5ccccc5)c(N(c5ccccc5)c5ccccc5)cc43)ccc21. The van der Waals surface area contributed by atoms with Crippen molar-refractivity contribution in [2.24, 2.45) is 23.7 Å². The Morgan fingerprint density at radius 3 is 1.35 bits per heavy atom. The molecule has 6 unspecified atom stereocenters. The molecule has 11 aromatic rings. The van der Waals surface area contributed by atoms with E-state index in [1.807, 2.05) is 0 Å². The number of benzene rings is 11. The summed E-state index contributed by atoms with van der Waals surface area (Å²) >= 11 is 0. The predicted molar refractivity (Wildman–Crippen MR) is 336 cm³/mol. The van der Waals surface area contributed by atoms with Gasteiger partial charge in [0.05, 0.1) is 16.8 Å². The van der Waals surface area contributed by atoms with Crippen molar-refractivity contribution in [1.82, 2.24) is 0 Å². The highest BCUT2D eigenvalue weighted by atomic mass is 15.2. The van der Waals surface area contributed by atoms with Crippen molar-refractivity contribution in [2.75, 3.05) is 9.80 Å². The quantitative estimate of drug-likeness (QED) is 0.142. The Hall–Kier alpha value is -8.98. The molecular formula is C79H62N2. The molecule has 4 fully saturated rings. The van der Waals surface area contributed by atoms with Crippen LogP contribution in [0.25, 0.3) is 55.6 Å². The van der Waals surface area contributed by atoms with Crippen LogP contribution in [0.1, 0.15) is 84.4 Å². The zero-order valence-corrected chi connectivity index (χ0v) is 45.9. The Morgan fingerprint density at radius 1 is 0.309 bits per heavy atom. The van der Waals surface area contributed by atoms with Crippen molar-refractivity contribution in [1.29, 1.82) is 0 Å². The first-order chi connectivity index (χ1) is 39.9. The topological polar surface area (TPSA) is 6.48 Å². The van der Waals surface area contributed by atoms with E-state index in [1.54, 1.807) is 0 Å². The van der Waals surface area contributed by atoms with Crippen molar-refractivity contribution in [2.45, 2.75) is 56.3 Å². The summed E-state index contributed by atoms with van der Waals surface area (Å²) in [7, 11) is 0. The highest BCUT2D eigenvalue weighted by Gasteiger charge is 2.55. The summed E-state index contributed by atoms with van der Waals surface area (Å²) in [6.07, 6.45) is 5.66. The highest BCUT2D eigenvalue weighted by molar-refractivity contribution is 6.03. The number of anilines is 6. The molecule has 0 saturated heterocycles. The van der Waals surface area contributed by atoms with Gasteiger partial charge in [0.2, 0.25) is 0 Å². The highest BCUT2D eigenvalue weighted by Crippen LogP contribution is 2.67. The Kier molecular flexibility index (Phi) is 10.3. The molecule has 18 rings (SSSR count). The van der Waals surface area contributed by atoms with Gasteiger partial charge in [-0.05, 0) is 212 Å². The predicted octanol–water partition coefficient (Wildman–Crippen LogP) is 20.8. The summed E-state index contributed by atoms with van der Waals surface area (Å²) < 4.78 is 0. The number of hydrogen-bond acceptors (Lipinski definition) is 2. The van der Waals surface area contributed by atoms with Gasteiger partial charge in [-0.15, -0.1) is 0 Å². The van der Waals surface area contributed by atoms with Crippen LogP contribution in [-0.4, -0.2) is 0 Å². The van der Waals surface area contributed by atoms with E-state index in [4.69, 9.17) is 0 Å². The number of hydrogen-bond donors (Lipinski definition) is 0. The van der Waals surface area contributed by atoms with Gasteiger partial charge in [-0.2, -0.15) is 0 Å². The second-order valence-electron chi connectivity index (χ2n) is 24.8. The molecule has 11 aromatic carbocycles. The van der Waals surface area contributed by atoms with E-state index in [9.17, 15) is 0 Å². The molecule has 4 saturated carbocycles. The summed E-state index contributed by atoms with van der Waals surface area (Å²) in [6, 6.07) is 99.6. The lowest BCUT2D eigenvalue weighted by Gasteiger charge is -2.35. The van der Waals surface area contributed by atoms with Gasteiger partial charge >= 0.3 is 0 Å². The van der Waals surface area contributed by atoms with Gasteiger partial charge in [0.25, 0.3) is 0 Å². The number of fused-ring (bicyclic) bond motifs is 13. The van der Waals surface area contributed by atoms with Crippen molar-refractivity contribution < 1.29 is 0 Å². The average molecular weight is 1040 g/mol. The second kappa shape index (κ2) is 17.8. The Bertz CT molecular complexity index is 4270. The lowest BCUT2D eigenvalue weighted by Crippen LogP contribution is -2.27. The van der Waals surface area contributed by atoms with Gasteiger partial charge in [-0.1, -0.05) is 202 Å². The maximum Gasteiger partial charge on any atom is 0.0727 e. The van der Waals surface area contributed by atoms with Gasteiger partial charge in [-0.3, -0.25) is 0 Å². The average Bonchev–Trinajstić information content (AvgIpc) is 2.42. The zero-order valence-electron chi connectivity index (χ0n) is 45.9. The van der Waals surface area contributed by atoms with Crippen LogP contribution >= 0.6 is 0 Å². The molecule has 0 heterocycles. The fraction of sp³-hybridized carbons (Fsp3) is 0.165. The number of para-hydroxylation sites is 3. The van der Waals surface area contributed by atoms with Crippen LogP contribution in [0.3, 0.4) is 0 Å². The monoisotopic (exact) mass is 1040 g/mol.